The third-order valence-corrected chi connectivity index (χ3v) is 0.983. The van der Waals surface area contributed by atoms with Gasteiger partial charge in [0.1, 0.15) is 0 Å². The summed E-state index contributed by atoms with van der Waals surface area (Å²) in [6, 6.07) is 0. The molecular formula is C4H12N2O3. The number of nitrogens with two attached hydrogens (primary N) is 1. The summed E-state index contributed by atoms with van der Waals surface area (Å²) in [6.45, 7) is 0. The second kappa shape index (κ2) is 3.76. The molecule has 0 fully saturated rings. The molecule has 0 rings (SSSR count). The monoisotopic (exact) mass is 136 g/mol. The van der Waals surface area contributed by atoms with Gasteiger partial charge in [0.15, 0.2) is 0 Å². The van der Waals surface area contributed by atoms with E-state index in [0.717, 1.165) is 0 Å². The Morgan fingerprint density at radius 1 is 1.11 bits per heavy atom. The summed E-state index contributed by atoms with van der Waals surface area (Å²) in [7, 11) is 4.23. The van der Waals surface area contributed by atoms with Gasteiger partial charge in [0.05, 0.1) is 0 Å². The minimum atomic E-state index is -1.31. The van der Waals surface area contributed by atoms with Gasteiger partial charge in [0.2, 0.25) is 0 Å². The molecule has 0 atom stereocenters. The molecule has 56 valence electrons. The highest BCUT2D eigenvalue weighted by atomic mass is 16.9. The standard InChI is InChI=1S/C4H12N2O3/c1-7-4(6-5,8-2)9-3/h6H,5H2,1-3H3. The molecule has 0 bridgehead atoms. The number of hydrazine groups is 1. The lowest BCUT2D eigenvalue weighted by Gasteiger charge is -2.26. The minimum absolute atomic E-state index is 1.31. The number of hydrogen-bond acceptors (Lipinski definition) is 5. The largest absolute Gasteiger partial charge is 0.362 e. The first-order valence-corrected chi connectivity index (χ1v) is 2.38. The van der Waals surface area contributed by atoms with E-state index in [0.29, 0.717) is 0 Å². The van der Waals surface area contributed by atoms with Crippen LogP contribution in [-0.2, 0) is 14.2 Å². The van der Waals surface area contributed by atoms with Crippen LogP contribution in [0.3, 0.4) is 0 Å². The van der Waals surface area contributed by atoms with Gasteiger partial charge < -0.3 is 14.2 Å². The molecule has 0 spiro atoms. The average molecular weight is 136 g/mol. The summed E-state index contributed by atoms with van der Waals surface area (Å²) in [6.07, 6.45) is -1.31. The fourth-order valence-electron chi connectivity index (χ4n) is 0.427. The van der Waals surface area contributed by atoms with Crippen molar-refractivity contribution in [1.82, 2.24) is 5.43 Å². The Balaban J connectivity index is 3.82. The summed E-state index contributed by atoms with van der Waals surface area (Å²) in [4.78, 5) is 0. The minimum Gasteiger partial charge on any atom is -0.317 e. The zero-order valence-electron chi connectivity index (χ0n) is 5.80. The lowest BCUT2D eigenvalue weighted by atomic mass is 10.9. The molecule has 0 aliphatic heterocycles. The third-order valence-electron chi connectivity index (χ3n) is 0.983. The first-order valence-electron chi connectivity index (χ1n) is 2.38. The molecule has 0 radical (unpaired) electrons. The molecule has 0 aliphatic rings. The Bertz CT molecular complexity index is 56.7. The van der Waals surface area contributed by atoms with Gasteiger partial charge in [-0.2, -0.15) is 5.43 Å². The van der Waals surface area contributed by atoms with E-state index in [2.05, 4.69) is 5.43 Å². The van der Waals surface area contributed by atoms with Crippen LogP contribution in [0.15, 0.2) is 0 Å². The van der Waals surface area contributed by atoms with Crippen molar-refractivity contribution in [2.45, 2.75) is 6.10 Å². The summed E-state index contributed by atoms with van der Waals surface area (Å²) in [5.74, 6) is 5.01. The molecule has 0 saturated carbocycles. The SMILES string of the molecule is COC(NN)(OC)OC. The number of hydrogen-bond donors (Lipinski definition) is 2. The number of ether oxygens (including phenoxy) is 3. The van der Waals surface area contributed by atoms with Crippen LogP contribution in [0, 0.1) is 0 Å². The first-order chi connectivity index (χ1) is 4.24. The highest BCUT2D eigenvalue weighted by molar-refractivity contribution is 4.41. The smallest absolute Gasteiger partial charge is 0.317 e. The van der Waals surface area contributed by atoms with Crippen LogP contribution >= 0.6 is 0 Å². The van der Waals surface area contributed by atoms with Gasteiger partial charge in [-0.15, -0.1) is 0 Å². The van der Waals surface area contributed by atoms with Crippen molar-refractivity contribution < 1.29 is 14.2 Å². The van der Waals surface area contributed by atoms with Gasteiger partial charge in [-0.25, -0.2) is 0 Å². The molecule has 0 aromatic rings. The van der Waals surface area contributed by atoms with Crippen molar-refractivity contribution in [2.24, 2.45) is 5.84 Å². The van der Waals surface area contributed by atoms with Crippen molar-refractivity contribution in [1.29, 1.82) is 0 Å². The Hall–Kier alpha value is -0.200. The van der Waals surface area contributed by atoms with Gasteiger partial charge >= 0.3 is 6.10 Å². The maximum Gasteiger partial charge on any atom is 0.362 e. The number of rotatable bonds is 4. The summed E-state index contributed by atoms with van der Waals surface area (Å²) < 4.78 is 14.1. The van der Waals surface area contributed by atoms with Gasteiger partial charge in [0, 0.05) is 21.3 Å². The fraction of sp³-hybridized carbons (Fsp3) is 1.00. The van der Waals surface area contributed by atoms with E-state index in [4.69, 9.17) is 20.1 Å². The van der Waals surface area contributed by atoms with Crippen LogP contribution in [0.4, 0.5) is 0 Å². The van der Waals surface area contributed by atoms with E-state index in [9.17, 15) is 0 Å². The van der Waals surface area contributed by atoms with Crippen molar-refractivity contribution in [3.05, 3.63) is 0 Å². The Kier molecular flexibility index (Phi) is 3.67. The van der Waals surface area contributed by atoms with E-state index < -0.39 is 6.10 Å². The molecule has 5 nitrogen and oxygen atoms in total. The maximum absolute atomic E-state index is 5.01. The molecule has 5 heteroatoms. The topological polar surface area (TPSA) is 65.7 Å². The Labute approximate surface area is 54.0 Å². The van der Waals surface area contributed by atoms with E-state index >= 15 is 0 Å². The van der Waals surface area contributed by atoms with Crippen LogP contribution < -0.4 is 11.3 Å². The van der Waals surface area contributed by atoms with Gasteiger partial charge in [-0.3, -0.25) is 5.84 Å². The number of methoxy groups -OCH3 is 3. The first kappa shape index (κ1) is 8.80. The van der Waals surface area contributed by atoms with Crippen LogP contribution in [0.2, 0.25) is 0 Å². The summed E-state index contributed by atoms with van der Waals surface area (Å²) >= 11 is 0. The van der Waals surface area contributed by atoms with Crippen molar-refractivity contribution in [3.8, 4) is 0 Å². The molecular weight excluding hydrogens is 124 g/mol. The highest BCUT2D eigenvalue weighted by Gasteiger charge is 2.26. The Morgan fingerprint density at radius 3 is 1.44 bits per heavy atom. The Morgan fingerprint density at radius 2 is 1.44 bits per heavy atom. The van der Waals surface area contributed by atoms with Crippen LogP contribution in [0.1, 0.15) is 0 Å². The molecule has 0 aromatic carbocycles. The summed E-state index contributed by atoms with van der Waals surface area (Å²) in [5.41, 5.74) is 2.20. The molecule has 0 saturated heterocycles. The van der Waals surface area contributed by atoms with Gasteiger partial charge in [-0.1, -0.05) is 0 Å². The molecule has 0 heterocycles. The van der Waals surface area contributed by atoms with Gasteiger partial charge in [0.25, 0.3) is 0 Å². The second-order valence-electron chi connectivity index (χ2n) is 1.31. The fourth-order valence-corrected chi connectivity index (χ4v) is 0.427. The zero-order valence-corrected chi connectivity index (χ0v) is 5.80. The maximum atomic E-state index is 5.01. The average Bonchev–Trinajstić information content (AvgIpc) is 1.95. The zero-order chi connectivity index (χ0) is 7.33. The predicted molar refractivity (Wildman–Crippen MR) is 31.1 cm³/mol. The lowest BCUT2D eigenvalue weighted by Crippen LogP contribution is -2.53. The van der Waals surface area contributed by atoms with Crippen LogP contribution in [-0.4, -0.2) is 27.4 Å². The van der Waals surface area contributed by atoms with Gasteiger partial charge in [-0.05, 0) is 0 Å². The quantitative estimate of drug-likeness (QED) is 0.295. The molecule has 0 unspecified atom stereocenters. The number of nitrogens with one attached hydrogen (secondary N) is 1. The normalized spacial score (nSPS) is 12.0. The van der Waals surface area contributed by atoms with Crippen LogP contribution in [0.25, 0.3) is 0 Å². The van der Waals surface area contributed by atoms with E-state index in [1.54, 1.807) is 0 Å². The molecule has 0 aromatic heterocycles. The second-order valence-corrected chi connectivity index (χ2v) is 1.31. The predicted octanol–water partition coefficient (Wildman–Crippen LogP) is -1.000. The molecule has 0 aliphatic carbocycles. The van der Waals surface area contributed by atoms with E-state index in [1.807, 2.05) is 0 Å². The van der Waals surface area contributed by atoms with Crippen molar-refractivity contribution in [3.63, 3.8) is 0 Å². The lowest BCUT2D eigenvalue weighted by molar-refractivity contribution is -0.370. The van der Waals surface area contributed by atoms with E-state index in [1.165, 1.54) is 21.3 Å². The van der Waals surface area contributed by atoms with E-state index in [-0.39, 0.29) is 0 Å². The molecule has 3 N–H and O–H groups in total. The van der Waals surface area contributed by atoms with Crippen molar-refractivity contribution in [2.75, 3.05) is 21.3 Å². The van der Waals surface area contributed by atoms with Crippen LogP contribution in [0.5, 0.6) is 0 Å². The molecule has 9 heavy (non-hydrogen) atoms. The van der Waals surface area contributed by atoms with Crippen molar-refractivity contribution >= 4 is 0 Å². The summed E-state index contributed by atoms with van der Waals surface area (Å²) in [5, 5.41) is 0. The third kappa shape index (κ3) is 1.88. The molecule has 0 amide bonds. The highest BCUT2D eigenvalue weighted by Crippen LogP contribution is 2.03.